The minimum Gasteiger partial charge on any atom is -0.389 e. The maximum atomic E-state index is 9.75. The highest BCUT2D eigenvalue weighted by Gasteiger charge is 2.08. The highest BCUT2D eigenvalue weighted by molar-refractivity contribution is 6.33. The summed E-state index contributed by atoms with van der Waals surface area (Å²) in [5.74, 6) is 0. The minimum atomic E-state index is -0.583. The van der Waals surface area contributed by atoms with Crippen LogP contribution < -0.4 is 5.32 Å². The molecule has 0 radical (unpaired) electrons. The molecule has 0 saturated carbocycles. The van der Waals surface area contributed by atoms with Crippen LogP contribution in [-0.2, 0) is 9.47 Å². The molecule has 0 amide bonds. The van der Waals surface area contributed by atoms with Crippen molar-refractivity contribution in [2.24, 2.45) is 0 Å². The Kier molecular flexibility index (Phi) is 7.05. The molecule has 1 aromatic carbocycles. The molecule has 0 aliphatic heterocycles. The number of hydrogen-bond acceptors (Lipinski definition) is 4. The summed E-state index contributed by atoms with van der Waals surface area (Å²) in [4.78, 5) is 0. The highest BCUT2D eigenvalue weighted by Crippen LogP contribution is 2.20. The molecule has 2 unspecified atom stereocenters. The number of para-hydroxylation sites is 1. The first-order valence-electron chi connectivity index (χ1n) is 5.90. The molecule has 1 rings (SSSR count). The van der Waals surface area contributed by atoms with Gasteiger partial charge in [0.25, 0.3) is 0 Å². The van der Waals surface area contributed by atoms with Crippen molar-refractivity contribution in [1.82, 2.24) is 0 Å². The first-order valence-corrected chi connectivity index (χ1v) is 6.28. The Balaban J connectivity index is 2.25. The van der Waals surface area contributed by atoms with Crippen LogP contribution in [0.1, 0.15) is 6.92 Å². The van der Waals surface area contributed by atoms with Gasteiger partial charge in [-0.1, -0.05) is 23.7 Å². The molecule has 0 fully saturated rings. The van der Waals surface area contributed by atoms with E-state index in [4.69, 9.17) is 21.1 Å². The summed E-state index contributed by atoms with van der Waals surface area (Å²) in [5, 5.41) is 13.5. The molecule has 18 heavy (non-hydrogen) atoms. The third-order valence-electron chi connectivity index (χ3n) is 2.38. The van der Waals surface area contributed by atoms with E-state index in [-0.39, 0.29) is 12.7 Å². The van der Waals surface area contributed by atoms with E-state index < -0.39 is 6.10 Å². The normalized spacial score (nSPS) is 14.2. The molecule has 2 atom stereocenters. The maximum Gasteiger partial charge on any atom is 0.0945 e. The predicted molar refractivity (Wildman–Crippen MR) is 73.2 cm³/mol. The van der Waals surface area contributed by atoms with Gasteiger partial charge in [0.05, 0.1) is 36.1 Å². The van der Waals surface area contributed by atoms with Crippen LogP contribution in [0.2, 0.25) is 5.02 Å². The van der Waals surface area contributed by atoms with E-state index in [2.05, 4.69) is 5.32 Å². The lowest BCUT2D eigenvalue weighted by Gasteiger charge is -2.17. The van der Waals surface area contributed by atoms with Crippen LogP contribution in [0.3, 0.4) is 0 Å². The van der Waals surface area contributed by atoms with Gasteiger partial charge in [-0.2, -0.15) is 0 Å². The maximum absolute atomic E-state index is 9.75. The number of nitrogens with one attached hydrogen (secondary N) is 1. The number of rotatable bonds is 8. The fourth-order valence-electron chi connectivity index (χ4n) is 1.45. The van der Waals surface area contributed by atoms with Gasteiger partial charge in [0.2, 0.25) is 0 Å². The van der Waals surface area contributed by atoms with Crippen LogP contribution in [0.5, 0.6) is 0 Å². The average molecular weight is 274 g/mol. The van der Waals surface area contributed by atoms with Gasteiger partial charge in [0, 0.05) is 13.7 Å². The van der Waals surface area contributed by atoms with E-state index in [0.29, 0.717) is 18.2 Å². The molecule has 0 spiro atoms. The summed E-state index contributed by atoms with van der Waals surface area (Å²) in [7, 11) is 1.62. The van der Waals surface area contributed by atoms with Gasteiger partial charge < -0.3 is 19.9 Å². The Labute approximate surface area is 113 Å². The number of aliphatic hydroxyl groups is 1. The zero-order valence-corrected chi connectivity index (χ0v) is 11.5. The van der Waals surface area contributed by atoms with Crippen molar-refractivity contribution in [1.29, 1.82) is 0 Å². The second kappa shape index (κ2) is 8.32. The van der Waals surface area contributed by atoms with Crippen molar-refractivity contribution >= 4 is 17.3 Å². The molecule has 1 aromatic rings. The number of hydrogen-bond donors (Lipinski definition) is 2. The average Bonchev–Trinajstić information content (AvgIpc) is 2.36. The molecular formula is C13H20ClNO3. The topological polar surface area (TPSA) is 50.7 Å². The number of benzene rings is 1. The predicted octanol–water partition coefficient (Wildman–Crippen LogP) is 2.16. The van der Waals surface area contributed by atoms with E-state index in [9.17, 15) is 5.11 Å². The fraction of sp³-hybridized carbons (Fsp3) is 0.538. The summed E-state index contributed by atoms with van der Waals surface area (Å²) in [5.41, 5.74) is 0.808. The first-order chi connectivity index (χ1) is 8.63. The lowest BCUT2D eigenvalue weighted by Crippen LogP contribution is -2.28. The van der Waals surface area contributed by atoms with Crippen LogP contribution in [0, 0.1) is 0 Å². The Morgan fingerprint density at radius 1 is 1.33 bits per heavy atom. The number of methoxy groups -OCH3 is 1. The number of ether oxygens (including phenoxy) is 2. The van der Waals surface area contributed by atoms with Crippen LogP contribution >= 0.6 is 11.6 Å². The second-order valence-electron chi connectivity index (χ2n) is 4.11. The first kappa shape index (κ1) is 15.2. The van der Waals surface area contributed by atoms with Crippen molar-refractivity contribution in [3.05, 3.63) is 29.3 Å². The van der Waals surface area contributed by atoms with Gasteiger partial charge in [-0.25, -0.2) is 0 Å². The molecule has 102 valence electrons. The largest absolute Gasteiger partial charge is 0.389 e. The van der Waals surface area contributed by atoms with Crippen molar-refractivity contribution in [2.45, 2.75) is 19.1 Å². The van der Waals surface area contributed by atoms with Gasteiger partial charge in [-0.05, 0) is 19.1 Å². The van der Waals surface area contributed by atoms with Gasteiger partial charge >= 0.3 is 0 Å². The monoisotopic (exact) mass is 273 g/mol. The molecule has 0 aromatic heterocycles. The third-order valence-corrected chi connectivity index (χ3v) is 2.71. The van der Waals surface area contributed by atoms with Crippen LogP contribution in [0.25, 0.3) is 0 Å². The molecular weight excluding hydrogens is 254 g/mol. The summed E-state index contributed by atoms with van der Waals surface area (Å²) in [6, 6.07) is 7.41. The Bertz CT molecular complexity index is 349. The van der Waals surface area contributed by atoms with Gasteiger partial charge in [-0.3, -0.25) is 0 Å². The zero-order chi connectivity index (χ0) is 13.4. The molecule has 0 aliphatic rings. The number of halogens is 1. The van der Waals surface area contributed by atoms with E-state index in [1.807, 2.05) is 25.1 Å². The van der Waals surface area contributed by atoms with Crippen LogP contribution in [0.4, 0.5) is 5.69 Å². The van der Waals surface area contributed by atoms with Crippen LogP contribution in [-0.4, -0.2) is 44.2 Å². The standard InChI is InChI=1S/C13H20ClNO3/c1-10(8-17-2)18-9-11(16)7-15-13-6-4-3-5-12(13)14/h3-6,10-11,15-16H,7-9H2,1-2H3. The van der Waals surface area contributed by atoms with Crippen molar-refractivity contribution < 1.29 is 14.6 Å². The van der Waals surface area contributed by atoms with E-state index >= 15 is 0 Å². The molecule has 0 heterocycles. The smallest absolute Gasteiger partial charge is 0.0945 e. The molecule has 0 bridgehead atoms. The summed E-state index contributed by atoms with van der Waals surface area (Å²) in [6.07, 6.45) is -0.606. The van der Waals surface area contributed by atoms with Gasteiger partial charge in [-0.15, -0.1) is 0 Å². The van der Waals surface area contributed by atoms with E-state index in [0.717, 1.165) is 5.69 Å². The molecule has 4 nitrogen and oxygen atoms in total. The minimum absolute atomic E-state index is 0.0232. The van der Waals surface area contributed by atoms with Crippen LogP contribution in [0.15, 0.2) is 24.3 Å². The summed E-state index contributed by atoms with van der Waals surface area (Å²) < 4.78 is 10.4. The van der Waals surface area contributed by atoms with Gasteiger partial charge in [0.1, 0.15) is 0 Å². The lowest BCUT2D eigenvalue weighted by molar-refractivity contribution is -0.0282. The van der Waals surface area contributed by atoms with E-state index in [1.54, 1.807) is 13.2 Å². The molecule has 0 saturated heterocycles. The molecule has 5 heteroatoms. The number of aliphatic hydroxyl groups excluding tert-OH is 1. The Morgan fingerprint density at radius 3 is 2.72 bits per heavy atom. The Hall–Kier alpha value is -0.810. The summed E-state index contributed by atoms with van der Waals surface area (Å²) >= 11 is 5.98. The Morgan fingerprint density at radius 2 is 2.06 bits per heavy atom. The van der Waals surface area contributed by atoms with E-state index in [1.165, 1.54) is 0 Å². The second-order valence-corrected chi connectivity index (χ2v) is 4.52. The molecule has 0 aliphatic carbocycles. The third kappa shape index (κ3) is 5.69. The van der Waals surface area contributed by atoms with Gasteiger partial charge in [0.15, 0.2) is 0 Å². The quantitative estimate of drug-likeness (QED) is 0.762. The molecule has 2 N–H and O–H groups in total. The zero-order valence-electron chi connectivity index (χ0n) is 10.7. The van der Waals surface area contributed by atoms with Crippen molar-refractivity contribution in [3.8, 4) is 0 Å². The highest BCUT2D eigenvalue weighted by atomic mass is 35.5. The number of anilines is 1. The lowest BCUT2D eigenvalue weighted by atomic mass is 10.3. The SMILES string of the molecule is COCC(C)OCC(O)CNc1ccccc1Cl. The summed E-state index contributed by atoms with van der Waals surface area (Å²) in [6.45, 7) is 3.08. The van der Waals surface area contributed by atoms with Crippen molar-refractivity contribution in [2.75, 3.05) is 32.2 Å². The fourth-order valence-corrected chi connectivity index (χ4v) is 1.65. The van der Waals surface area contributed by atoms with Crippen molar-refractivity contribution in [3.63, 3.8) is 0 Å².